The van der Waals surface area contributed by atoms with Gasteiger partial charge in [-0.1, -0.05) is 12.2 Å². The van der Waals surface area contributed by atoms with Crippen molar-refractivity contribution in [2.75, 3.05) is 31.1 Å². The molecule has 0 bridgehead atoms. The summed E-state index contributed by atoms with van der Waals surface area (Å²) in [4.78, 5) is 31.8. The molecule has 1 aliphatic heterocycles. The molecule has 28 heavy (non-hydrogen) atoms. The smallest absolute Gasteiger partial charge is 0.338 e. The number of aliphatic imine (C=N–C) groups is 2. The topological polar surface area (TPSA) is 94.3 Å². The van der Waals surface area contributed by atoms with Gasteiger partial charge in [0.2, 0.25) is 5.95 Å². The molecule has 1 aliphatic carbocycles. The fraction of sp³-hybridized carbons (Fsp3) is 0.350. The maximum absolute atomic E-state index is 10.9. The number of hydrogen-bond donors (Lipinski definition) is 1. The Morgan fingerprint density at radius 3 is 2.50 bits per heavy atom. The van der Waals surface area contributed by atoms with E-state index >= 15 is 0 Å². The van der Waals surface area contributed by atoms with Crippen molar-refractivity contribution in [2.45, 2.75) is 19.4 Å². The second-order valence-corrected chi connectivity index (χ2v) is 6.62. The Balaban J connectivity index is 1.54. The molecule has 0 saturated carbocycles. The van der Waals surface area contributed by atoms with Crippen LogP contribution >= 0.6 is 0 Å². The van der Waals surface area contributed by atoms with Gasteiger partial charge in [0.15, 0.2) is 0 Å². The van der Waals surface area contributed by atoms with E-state index in [-0.39, 0.29) is 5.56 Å². The van der Waals surface area contributed by atoms with Crippen molar-refractivity contribution >= 4 is 24.3 Å². The first kappa shape index (κ1) is 19.6. The highest BCUT2D eigenvalue weighted by Gasteiger charge is 2.24. The Bertz CT molecular complexity index is 833. The first-order valence-corrected chi connectivity index (χ1v) is 9.18. The average Bonchev–Trinajstić information content (AvgIpc) is 2.74. The van der Waals surface area contributed by atoms with Gasteiger partial charge in [0.1, 0.15) is 0 Å². The minimum Gasteiger partial charge on any atom is -0.478 e. The van der Waals surface area contributed by atoms with Crippen LogP contribution in [0.1, 0.15) is 23.7 Å². The Morgan fingerprint density at radius 1 is 1.21 bits per heavy atom. The Hall–Kier alpha value is -3.13. The van der Waals surface area contributed by atoms with Crippen LogP contribution in [0, 0.1) is 0 Å². The number of allylic oxidation sites excluding steroid dienone is 2. The Morgan fingerprint density at radius 2 is 1.93 bits per heavy atom. The SMILES string of the molecule is C=N/C=C\N=C1\C=CC(C(C)N2CCN(c3ncc(C(=O)O)cn3)CC2)=CC1. The van der Waals surface area contributed by atoms with E-state index in [0.717, 1.165) is 38.3 Å². The molecule has 1 N–H and O–H groups in total. The number of piperazine rings is 1. The first-order valence-electron chi connectivity index (χ1n) is 9.18. The number of aromatic carboxylic acids is 1. The van der Waals surface area contributed by atoms with Crippen LogP contribution in [0.4, 0.5) is 5.95 Å². The molecule has 0 spiro atoms. The molecule has 146 valence electrons. The third kappa shape index (κ3) is 4.77. The van der Waals surface area contributed by atoms with E-state index in [0.29, 0.717) is 12.0 Å². The predicted molar refractivity (Wildman–Crippen MR) is 110 cm³/mol. The van der Waals surface area contributed by atoms with Crippen LogP contribution in [-0.2, 0) is 0 Å². The quantitative estimate of drug-likeness (QED) is 0.760. The molecule has 1 unspecified atom stereocenters. The summed E-state index contributed by atoms with van der Waals surface area (Å²) in [5, 5.41) is 8.95. The van der Waals surface area contributed by atoms with Gasteiger partial charge in [-0.05, 0) is 25.3 Å². The van der Waals surface area contributed by atoms with E-state index in [9.17, 15) is 4.79 Å². The van der Waals surface area contributed by atoms with E-state index in [4.69, 9.17) is 5.11 Å². The van der Waals surface area contributed by atoms with E-state index in [2.05, 4.69) is 55.5 Å². The van der Waals surface area contributed by atoms with Crippen LogP contribution < -0.4 is 4.90 Å². The van der Waals surface area contributed by atoms with Crippen molar-refractivity contribution < 1.29 is 9.90 Å². The predicted octanol–water partition coefficient (Wildman–Crippen LogP) is 2.18. The lowest BCUT2D eigenvalue weighted by molar-refractivity contribution is 0.0696. The molecule has 1 saturated heterocycles. The molecule has 8 nitrogen and oxygen atoms in total. The van der Waals surface area contributed by atoms with Gasteiger partial charge >= 0.3 is 5.97 Å². The van der Waals surface area contributed by atoms with Crippen molar-refractivity contribution in [3.05, 3.63) is 54.2 Å². The van der Waals surface area contributed by atoms with Gasteiger partial charge < -0.3 is 10.0 Å². The van der Waals surface area contributed by atoms with Crippen LogP contribution in [0.25, 0.3) is 0 Å². The summed E-state index contributed by atoms with van der Waals surface area (Å²) in [5.41, 5.74) is 2.40. The van der Waals surface area contributed by atoms with E-state index in [1.165, 1.54) is 18.0 Å². The average molecular weight is 380 g/mol. The fourth-order valence-electron chi connectivity index (χ4n) is 3.25. The molecule has 1 atom stereocenters. The fourth-order valence-corrected chi connectivity index (χ4v) is 3.25. The lowest BCUT2D eigenvalue weighted by Crippen LogP contribution is -2.50. The van der Waals surface area contributed by atoms with Crippen LogP contribution in [0.2, 0.25) is 0 Å². The summed E-state index contributed by atoms with van der Waals surface area (Å²) < 4.78 is 0. The normalized spacial score (nSPS) is 20.4. The Labute approximate surface area is 164 Å². The van der Waals surface area contributed by atoms with Crippen LogP contribution in [-0.4, -0.2) is 70.6 Å². The van der Waals surface area contributed by atoms with Gasteiger partial charge in [0.05, 0.1) is 5.56 Å². The van der Waals surface area contributed by atoms with Gasteiger partial charge in [-0.15, -0.1) is 0 Å². The maximum atomic E-state index is 10.9. The maximum Gasteiger partial charge on any atom is 0.338 e. The molecule has 3 rings (SSSR count). The highest BCUT2D eigenvalue weighted by Crippen LogP contribution is 2.20. The molecule has 0 radical (unpaired) electrons. The van der Waals surface area contributed by atoms with Gasteiger partial charge in [-0.3, -0.25) is 14.9 Å². The second kappa shape index (κ2) is 9.18. The summed E-state index contributed by atoms with van der Waals surface area (Å²) in [7, 11) is 0. The van der Waals surface area contributed by atoms with Crippen LogP contribution in [0.5, 0.6) is 0 Å². The van der Waals surface area contributed by atoms with Crippen molar-refractivity contribution in [1.29, 1.82) is 0 Å². The summed E-state index contributed by atoms with van der Waals surface area (Å²) in [6, 6.07) is 0.320. The highest BCUT2D eigenvalue weighted by molar-refractivity contribution is 5.98. The molecule has 1 aromatic rings. The highest BCUT2D eigenvalue weighted by atomic mass is 16.4. The van der Waals surface area contributed by atoms with Crippen molar-refractivity contribution in [1.82, 2.24) is 14.9 Å². The molecule has 2 heterocycles. The van der Waals surface area contributed by atoms with Gasteiger partial charge in [-0.25, -0.2) is 14.8 Å². The standard InChI is InChI=1S/C20H24N6O2/c1-15(16-3-5-18(6-4-16)22-8-7-21-2)25-9-11-26(12-10-25)20-23-13-17(14-24-20)19(27)28/h3-5,7-8,13-15H,2,6,9-12H2,1H3,(H,27,28)/b8-7-,22-18-. The zero-order valence-electron chi connectivity index (χ0n) is 15.9. The molecule has 2 aliphatic rings. The third-order valence-corrected chi connectivity index (χ3v) is 4.94. The number of carbonyl (C=O) groups is 1. The number of aromatic nitrogens is 2. The minimum atomic E-state index is -1.01. The molecule has 1 fully saturated rings. The van der Waals surface area contributed by atoms with E-state index in [1.54, 1.807) is 12.4 Å². The number of rotatable bonds is 6. The molecule has 1 aromatic heterocycles. The van der Waals surface area contributed by atoms with Crippen LogP contribution in [0.15, 0.2) is 58.6 Å². The van der Waals surface area contributed by atoms with Gasteiger partial charge in [-0.2, -0.15) is 0 Å². The van der Waals surface area contributed by atoms with E-state index in [1.807, 2.05) is 6.08 Å². The van der Waals surface area contributed by atoms with Gasteiger partial charge in [0.25, 0.3) is 0 Å². The zero-order valence-corrected chi connectivity index (χ0v) is 15.9. The summed E-state index contributed by atoms with van der Waals surface area (Å²) >= 11 is 0. The monoisotopic (exact) mass is 380 g/mol. The zero-order chi connectivity index (χ0) is 19.9. The molecular weight excluding hydrogens is 356 g/mol. The molecule has 0 amide bonds. The molecule has 0 aromatic carbocycles. The lowest BCUT2D eigenvalue weighted by Gasteiger charge is -2.38. The van der Waals surface area contributed by atoms with Crippen molar-refractivity contribution in [3.63, 3.8) is 0 Å². The number of carboxylic acids is 1. The second-order valence-electron chi connectivity index (χ2n) is 6.62. The number of carboxylic acid groups (broad SMARTS) is 1. The number of hydrogen-bond acceptors (Lipinski definition) is 7. The summed E-state index contributed by atoms with van der Waals surface area (Å²) in [6.07, 6.45) is 13.1. The summed E-state index contributed by atoms with van der Waals surface area (Å²) in [6.45, 7) is 9.00. The van der Waals surface area contributed by atoms with Crippen LogP contribution in [0.3, 0.4) is 0 Å². The van der Waals surface area contributed by atoms with Crippen molar-refractivity contribution in [3.8, 4) is 0 Å². The lowest BCUT2D eigenvalue weighted by atomic mass is 9.98. The largest absolute Gasteiger partial charge is 0.478 e. The van der Waals surface area contributed by atoms with Gasteiger partial charge in [0, 0.05) is 69.1 Å². The third-order valence-electron chi connectivity index (χ3n) is 4.94. The summed E-state index contributed by atoms with van der Waals surface area (Å²) in [5.74, 6) is -0.433. The minimum absolute atomic E-state index is 0.103. The van der Waals surface area contributed by atoms with E-state index < -0.39 is 5.97 Å². The number of nitrogens with zero attached hydrogens (tertiary/aromatic N) is 6. The molecular formula is C20H24N6O2. The Kier molecular flexibility index (Phi) is 6.44. The molecule has 8 heteroatoms. The van der Waals surface area contributed by atoms with Crippen molar-refractivity contribution in [2.24, 2.45) is 9.98 Å². The first-order chi connectivity index (χ1) is 13.6. The number of anilines is 1.